The highest BCUT2D eigenvalue weighted by Crippen LogP contribution is 1.98. The van der Waals surface area contributed by atoms with E-state index in [4.69, 9.17) is 0 Å². The van der Waals surface area contributed by atoms with Crippen LogP contribution in [0.1, 0.15) is 25.7 Å². The lowest BCUT2D eigenvalue weighted by molar-refractivity contribution is 0.561. The predicted molar refractivity (Wildman–Crippen MR) is 53.5 cm³/mol. The van der Waals surface area contributed by atoms with Crippen molar-refractivity contribution in [1.82, 2.24) is 3.53 Å². The van der Waals surface area contributed by atoms with Crippen LogP contribution < -0.4 is 3.53 Å². The van der Waals surface area contributed by atoms with Crippen LogP contribution in [0.3, 0.4) is 0 Å². The Balaban J connectivity index is 2.84. The van der Waals surface area contributed by atoms with Gasteiger partial charge in [0.05, 0.1) is 6.54 Å². The minimum atomic E-state index is 0.640. The molecule has 0 atom stereocenters. The molecular weight excluding hydrogens is 255 g/mol. The van der Waals surface area contributed by atoms with Gasteiger partial charge in [0, 0.05) is 29.4 Å². The fourth-order valence-corrected chi connectivity index (χ4v) is 1.16. The molecule has 3 nitrogen and oxygen atoms in total. The molecule has 0 unspecified atom stereocenters. The van der Waals surface area contributed by atoms with Crippen LogP contribution >= 0.6 is 22.9 Å². The summed E-state index contributed by atoms with van der Waals surface area (Å²) in [6.07, 6.45) is 6.11. The van der Waals surface area contributed by atoms with Gasteiger partial charge in [0.1, 0.15) is 0 Å². The number of nitrogens with zero attached hydrogens (tertiary/aromatic N) is 1. The zero-order chi connectivity index (χ0) is 8.36. The van der Waals surface area contributed by atoms with E-state index in [1.165, 1.54) is 18.9 Å². The second-order valence-electron chi connectivity index (χ2n) is 2.27. The molecule has 0 saturated carbocycles. The molecule has 0 spiro atoms. The average Bonchev–Trinajstić information content (AvgIpc) is 2.03. The Bertz CT molecular complexity index is 124. The van der Waals surface area contributed by atoms with Crippen LogP contribution in [-0.2, 0) is 4.79 Å². The lowest BCUT2D eigenvalue weighted by Crippen LogP contribution is -1.99. The Hall–Kier alpha value is 0.0700. The molecule has 0 aromatic heterocycles. The Morgan fingerprint density at radius 3 is 2.64 bits per heavy atom. The summed E-state index contributed by atoms with van der Waals surface area (Å²) in [5.41, 5.74) is 0. The van der Waals surface area contributed by atoms with Crippen molar-refractivity contribution in [3.63, 3.8) is 0 Å². The fourth-order valence-electron chi connectivity index (χ4n) is 0.782. The maximum absolute atomic E-state index is 9.64. The molecule has 0 saturated heterocycles. The van der Waals surface area contributed by atoms with Crippen LogP contribution in [-0.4, -0.2) is 19.2 Å². The molecule has 0 rings (SSSR count). The van der Waals surface area contributed by atoms with Crippen molar-refractivity contribution in [3.05, 3.63) is 0 Å². The lowest BCUT2D eigenvalue weighted by Gasteiger charge is -1.96. The van der Waals surface area contributed by atoms with Gasteiger partial charge < -0.3 is 0 Å². The number of aliphatic imine (C=N–C) groups is 1. The molecule has 64 valence electrons. The van der Waals surface area contributed by atoms with E-state index in [0.29, 0.717) is 6.54 Å². The van der Waals surface area contributed by atoms with E-state index in [1.807, 2.05) is 0 Å². The second-order valence-corrected chi connectivity index (χ2v) is 3.03. The number of carbonyl (C=O) groups excluding carboxylic acids is 1. The minimum absolute atomic E-state index is 0.640. The number of hydrogen-bond donors (Lipinski definition) is 1. The second kappa shape index (κ2) is 10.1. The third-order valence-corrected chi connectivity index (χ3v) is 1.90. The van der Waals surface area contributed by atoms with Crippen LogP contribution in [0.15, 0.2) is 4.99 Å². The molecular formula is C7H13IN2O. The SMILES string of the molecule is O=C=NCCCCCCNI. The van der Waals surface area contributed by atoms with E-state index in [0.717, 1.165) is 19.4 Å². The Morgan fingerprint density at radius 2 is 2.00 bits per heavy atom. The highest BCUT2D eigenvalue weighted by Gasteiger charge is 1.87. The zero-order valence-corrected chi connectivity index (χ0v) is 8.63. The average molecular weight is 268 g/mol. The monoisotopic (exact) mass is 268 g/mol. The van der Waals surface area contributed by atoms with Crippen LogP contribution in [0.4, 0.5) is 0 Å². The zero-order valence-electron chi connectivity index (χ0n) is 6.48. The van der Waals surface area contributed by atoms with E-state index >= 15 is 0 Å². The number of rotatable bonds is 7. The predicted octanol–water partition coefficient (Wildman–Crippen LogP) is 1.82. The standard InChI is InChI=1S/C7H13IN2O/c8-10-6-4-2-1-3-5-9-7-11/h10H,1-6H2. The summed E-state index contributed by atoms with van der Waals surface area (Å²) in [7, 11) is 0. The maximum atomic E-state index is 9.64. The van der Waals surface area contributed by atoms with E-state index < -0.39 is 0 Å². The summed E-state index contributed by atoms with van der Waals surface area (Å²) >= 11 is 2.14. The molecule has 0 radical (unpaired) electrons. The van der Waals surface area contributed by atoms with Crippen molar-refractivity contribution in [3.8, 4) is 0 Å². The number of halogens is 1. The molecule has 1 N–H and O–H groups in total. The van der Waals surface area contributed by atoms with Crippen molar-refractivity contribution >= 4 is 28.9 Å². The van der Waals surface area contributed by atoms with Crippen molar-refractivity contribution in [1.29, 1.82) is 0 Å². The van der Waals surface area contributed by atoms with Crippen molar-refractivity contribution in [2.45, 2.75) is 25.7 Å². The quantitative estimate of drug-likeness (QED) is 0.251. The van der Waals surface area contributed by atoms with Gasteiger partial charge in [-0.15, -0.1) is 0 Å². The molecule has 0 aromatic carbocycles. The molecule has 0 fully saturated rings. The first-order valence-electron chi connectivity index (χ1n) is 3.79. The van der Waals surface area contributed by atoms with Gasteiger partial charge in [-0.3, -0.25) is 3.53 Å². The third kappa shape index (κ3) is 10.1. The molecule has 0 heterocycles. The number of nitrogens with one attached hydrogen (secondary N) is 1. The van der Waals surface area contributed by atoms with E-state index in [2.05, 4.69) is 31.4 Å². The van der Waals surface area contributed by atoms with Gasteiger partial charge >= 0.3 is 0 Å². The van der Waals surface area contributed by atoms with Gasteiger partial charge in [0.15, 0.2) is 0 Å². The first-order valence-corrected chi connectivity index (χ1v) is 4.87. The van der Waals surface area contributed by atoms with Gasteiger partial charge in [-0.05, 0) is 12.8 Å². The van der Waals surface area contributed by atoms with E-state index in [1.54, 1.807) is 0 Å². The van der Waals surface area contributed by atoms with Crippen molar-refractivity contribution < 1.29 is 4.79 Å². The molecule has 4 heteroatoms. The molecule has 0 amide bonds. The maximum Gasteiger partial charge on any atom is 0.234 e. The van der Waals surface area contributed by atoms with Gasteiger partial charge in [-0.2, -0.15) is 0 Å². The molecule has 0 aromatic rings. The first kappa shape index (κ1) is 11.1. The number of hydrogen-bond acceptors (Lipinski definition) is 3. The summed E-state index contributed by atoms with van der Waals surface area (Å²) < 4.78 is 3.05. The summed E-state index contributed by atoms with van der Waals surface area (Å²) in [4.78, 5) is 13.1. The Labute approximate surface area is 81.2 Å². The van der Waals surface area contributed by atoms with Crippen molar-refractivity contribution in [2.24, 2.45) is 4.99 Å². The van der Waals surface area contributed by atoms with E-state index in [9.17, 15) is 4.79 Å². The summed E-state index contributed by atoms with van der Waals surface area (Å²) in [5.74, 6) is 0. The number of unbranched alkanes of at least 4 members (excludes halogenated alkanes) is 3. The normalized spacial score (nSPS) is 9.18. The topological polar surface area (TPSA) is 41.5 Å². The summed E-state index contributed by atoms with van der Waals surface area (Å²) in [6.45, 7) is 1.71. The molecule has 0 aliphatic heterocycles. The van der Waals surface area contributed by atoms with Gasteiger partial charge in [0.25, 0.3) is 0 Å². The first-order chi connectivity index (χ1) is 5.41. The van der Waals surface area contributed by atoms with E-state index in [-0.39, 0.29) is 0 Å². The highest BCUT2D eigenvalue weighted by atomic mass is 127. The van der Waals surface area contributed by atoms with Crippen LogP contribution in [0.5, 0.6) is 0 Å². The van der Waals surface area contributed by atoms with Gasteiger partial charge in [0.2, 0.25) is 6.08 Å². The van der Waals surface area contributed by atoms with Gasteiger partial charge in [-0.25, -0.2) is 9.79 Å². The largest absolute Gasteiger partial charge is 0.261 e. The van der Waals surface area contributed by atoms with Crippen LogP contribution in [0.25, 0.3) is 0 Å². The molecule has 0 aliphatic rings. The minimum Gasteiger partial charge on any atom is -0.261 e. The van der Waals surface area contributed by atoms with Crippen LogP contribution in [0.2, 0.25) is 0 Å². The summed E-state index contributed by atoms with van der Waals surface area (Å²) in [6, 6.07) is 0. The smallest absolute Gasteiger partial charge is 0.234 e. The molecule has 0 aliphatic carbocycles. The number of isocyanates is 1. The molecule has 0 bridgehead atoms. The van der Waals surface area contributed by atoms with Crippen LogP contribution in [0, 0.1) is 0 Å². The third-order valence-electron chi connectivity index (χ3n) is 1.36. The highest BCUT2D eigenvalue weighted by molar-refractivity contribution is 14.1. The fraction of sp³-hybridized carbons (Fsp3) is 0.857. The summed E-state index contributed by atoms with van der Waals surface area (Å²) in [5, 5.41) is 0. The lowest BCUT2D eigenvalue weighted by atomic mass is 10.2. The van der Waals surface area contributed by atoms with Gasteiger partial charge in [-0.1, -0.05) is 12.8 Å². The molecule has 11 heavy (non-hydrogen) atoms. The Morgan fingerprint density at radius 1 is 1.27 bits per heavy atom. The Kier molecular flexibility index (Phi) is 10.1. The van der Waals surface area contributed by atoms with Crippen molar-refractivity contribution in [2.75, 3.05) is 13.1 Å².